The Hall–Kier alpha value is -5.76. The van der Waals surface area contributed by atoms with Crippen molar-refractivity contribution in [2.75, 3.05) is 19.8 Å². The number of nitrogens with one attached hydrogen (secondary N) is 2. The minimum absolute atomic E-state index is 0.0619. The molecule has 1 saturated carbocycles. The number of nitrogens with zero attached hydrogens (tertiary/aromatic N) is 2. The van der Waals surface area contributed by atoms with Gasteiger partial charge in [-0.1, -0.05) is 57.2 Å². The molecule has 1 fully saturated rings. The molecule has 0 radical (unpaired) electrons. The average Bonchev–Trinajstić information content (AvgIpc) is 3.16. The van der Waals surface area contributed by atoms with E-state index in [1.807, 2.05) is 123 Å². The summed E-state index contributed by atoms with van der Waals surface area (Å²) < 4.78 is 11.3. The Labute approximate surface area is 317 Å². The maximum absolute atomic E-state index is 14.2. The summed E-state index contributed by atoms with van der Waals surface area (Å²) in [6.07, 6.45) is 2.46. The van der Waals surface area contributed by atoms with Gasteiger partial charge in [0.1, 0.15) is 11.5 Å². The van der Waals surface area contributed by atoms with Crippen LogP contribution in [0, 0.1) is 10.8 Å². The number of para-hydroxylation sites is 2. The molecule has 2 aromatic heterocycles. The minimum Gasteiger partial charge on any atom is -0.494 e. The van der Waals surface area contributed by atoms with Crippen molar-refractivity contribution >= 4 is 33.6 Å². The molecular weight excluding hydrogens is 673 g/mol. The summed E-state index contributed by atoms with van der Waals surface area (Å²) in [5, 5.41) is 8.31. The van der Waals surface area contributed by atoms with E-state index in [1.54, 1.807) is 0 Å². The lowest BCUT2D eigenvalue weighted by Gasteiger charge is -2.47. The average molecular weight is 721 g/mol. The number of amides is 2. The molecule has 6 aromatic rings. The van der Waals surface area contributed by atoms with Crippen molar-refractivity contribution in [1.82, 2.24) is 20.6 Å². The van der Waals surface area contributed by atoms with Crippen molar-refractivity contribution in [3.63, 3.8) is 0 Å². The van der Waals surface area contributed by atoms with Crippen LogP contribution in [-0.4, -0.2) is 47.6 Å². The fraction of sp³-hybridized carbons (Fsp3) is 0.304. The highest BCUT2D eigenvalue weighted by molar-refractivity contribution is 6.08. The second kappa shape index (κ2) is 15.3. The summed E-state index contributed by atoms with van der Waals surface area (Å²) in [7, 11) is 0. The quantitative estimate of drug-likeness (QED) is 0.138. The summed E-state index contributed by atoms with van der Waals surface area (Å²) in [5.74, 6) is 1.32. The van der Waals surface area contributed by atoms with Crippen LogP contribution in [0.2, 0.25) is 0 Å². The van der Waals surface area contributed by atoms with Gasteiger partial charge in [-0.25, -0.2) is 9.97 Å². The standard InChI is InChI=1S/C46H48N4O4/c1-6-53-33-20-16-30(17-21-33)41-24-37(35-12-8-10-14-39(35)49-41)43(51)47-29-46(5)27-32(26-45(3,4)28-46)48-44(52)38-25-42(50-40-15-11-9-13-36(38)40)31-18-22-34(23-19-31)54-7-2/h8-25,32H,6-7,26-29H2,1-5H3,(H,47,51)(H,48,52)/t32-,46+/m1/s1. The Morgan fingerprint density at radius 2 is 1.15 bits per heavy atom. The highest BCUT2D eigenvalue weighted by Crippen LogP contribution is 2.46. The molecule has 2 N–H and O–H groups in total. The molecule has 0 bridgehead atoms. The molecule has 8 nitrogen and oxygen atoms in total. The predicted octanol–water partition coefficient (Wildman–Crippen LogP) is 9.66. The van der Waals surface area contributed by atoms with Gasteiger partial charge in [0.25, 0.3) is 11.8 Å². The zero-order valence-corrected chi connectivity index (χ0v) is 31.7. The van der Waals surface area contributed by atoms with E-state index in [0.29, 0.717) is 30.9 Å². The van der Waals surface area contributed by atoms with Crippen LogP contribution in [0.3, 0.4) is 0 Å². The SMILES string of the molecule is CCOc1ccc(-c2cc(C(=O)NC[C@@]3(C)C[C@H](NC(=O)c4cc(-c5ccc(OCC)cc5)nc5ccccc45)CC(C)(C)C3)c3ccccc3n2)cc1. The Kier molecular flexibility index (Phi) is 10.4. The monoisotopic (exact) mass is 720 g/mol. The van der Waals surface area contributed by atoms with Gasteiger partial charge < -0.3 is 20.1 Å². The molecule has 4 aromatic carbocycles. The van der Waals surface area contributed by atoms with E-state index in [4.69, 9.17) is 19.4 Å². The fourth-order valence-corrected chi connectivity index (χ4v) is 8.32. The van der Waals surface area contributed by atoms with Crippen LogP contribution in [0.15, 0.2) is 109 Å². The lowest BCUT2D eigenvalue weighted by atomic mass is 9.62. The van der Waals surface area contributed by atoms with Gasteiger partial charge in [0.2, 0.25) is 0 Å². The molecular formula is C46H48N4O4. The predicted molar refractivity (Wildman–Crippen MR) is 216 cm³/mol. The first-order chi connectivity index (χ1) is 26.0. The van der Waals surface area contributed by atoms with E-state index in [0.717, 1.165) is 75.1 Å². The van der Waals surface area contributed by atoms with Crippen molar-refractivity contribution in [2.45, 2.75) is 59.9 Å². The van der Waals surface area contributed by atoms with Crippen LogP contribution in [0.1, 0.15) is 74.6 Å². The molecule has 54 heavy (non-hydrogen) atoms. The van der Waals surface area contributed by atoms with E-state index >= 15 is 0 Å². The van der Waals surface area contributed by atoms with Gasteiger partial charge in [-0.3, -0.25) is 9.59 Å². The number of pyridine rings is 2. The topological polar surface area (TPSA) is 102 Å². The highest BCUT2D eigenvalue weighted by Gasteiger charge is 2.42. The number of hydrogen-bond acceptors (Lipinski definition) is 6. The maximum atomic E-state index is 14.2. The largest absolute Gasteiger partial charge is 0.494 e. The molecule has 7 rings (SSSR count). The molecule has 0 spiro atoms. The number of carbonyl (C=O) groups excluding carboxylic acids is 2. The second-order valence-corrected chi connectivity index (χ2v) is 15.5. The molecule has 8 heteroatoms. The molecule has 0 unspecified atom stereocenters. The Balaban J connectivity index is 1.10. The molecule has 2 amide bonds. The van der Waals surface area contributed by atoms with Crippen LogP contribution in [0.25, 0.3) is 44.3 Å². The molecule has 0 saturated heterocycles. The van der Waals surface area contributed by atoms with E-state index in [-0.39, 0.29) is 28.7 Å². The zero-order chi connectivity index (χ0) is 37.9. The van der Waals surface area contributed by atoms with Crippen LogP contribution in [-0.2, 0) is 0 Å². The van der Waals surface area contributed by atoms with Gasteiger partial charge in [0.15, 0.2) is 0 Å². The van der Waals surface area contributed by atoms with Crippen LogP contribution < -0.4 is 20.1 Å². The highest BCUT2D eigenvalue weighted by atomic mass is 16.5. The lowest BCUT2D eigenvalue weighted by Crippen LogP contribution is -2.50. The number of carbonyl (C=O) groups is 2. The van der Waals surface area contributed by atoms with E-state index in [9.17, 15) is 9.59 Å². The Morgan fingerprint density at radius 3 is 1.65 bits per heavy atom. The van der Waals surface area contributed by atoms with Gasteiger partial charge in [-0.05, 0) is 117 Å². The third kappa shape index (κ3) is 8.08. The maximum Gasteiger partial charge on any atom is 0.252 e. The third-order valence-corrected chi connectivity index (χ3v) is 10.3. The first-order valence-corrected chi connectivity index (χ1v) is 18.9. The van der Waals surface area contributed by atoms with Crippen molar-refractivity contribution in [2.24, 2.45) is 10.8 Å². The number of aromatic nitrogens is 2. The molecule has 0 aliphatic heterocycles. The normalized spacial score (nSPS) is 17.9. The summed E-state index contributed by atoms with van der Waals surface area (Å²) >= 11 is 0. The molecule has 2 heterocycles. The summed E-state index contributed by atoms with van der Waals surface area (Å²) in [6, 6.07) is 34.8. The first-order valence-electron chi connectivity index (χ1n) is 18.9. The minimum atomic E-state index is -0.260. The molecule has 1 aliphatic carbocycles. The fourth-order valence-electron chi connectivity index (χ4n) is 8.32. The lowest BCUT2D eigenvalue weighted by molar-refractivity contribution is 0.0593. The van der Waals surface area contributed by atoms with E-state index in [1.165, 1.54) is 0 Å². The number of ether oxygens (including phenoxy) is 2. The Bertz CT molecular complexity index is 2300. The van der Waals surface area contributed by atoms with Crippen LogP contribution in [0.5, 0.6) is 11.5 Å². The van der Waals surface area contributed by atoms with Crippen molar-refractivity contribution in [1.29, 1.82) is 0 Å². The van der Waals surface area contributed by atoms with E-state index in [2.05, 4.69) is 31.4 Å². The number of hydrogen-bond donors (Lipinski definition) is 2. The zero-order valence-electron chi connectivity index (χ0n) is 31.7. The van der Waals surface area contributed by atoms with Crippen molar-refractivity contribution in [3.05, 3.63) is 120 Å². The van der Waals surface area contributed by atoms with Gasteiger partial charge >= 0.3 is 0 Å². The summed E-state index contributed by atoms with van der Waals surface area (Å²) in [5.41, 5.74) is 5.65. The Morgan fingerprint density at radius 1 is 0.667 bits per heavy atom. The third-order valence-electron chi connectivity index (χ3n) is 10.3. The van der Waals surface area contributed by atoms with E-state index < -0.39 is 0 Å². The van der Waals surface area contributed by atoms with Gasteiger partial charge in [0.05, 0.1) is 46.8 Å². The van der Waals surface area contributed by atoms with Crippen LogP contribution >= 0.6 is 0 Å². The number of rotatable bonds is 11. The van der Waals surface area contributed by atoms with Crippen molar-refractivity contribution < 1.29 is 19.1 Å². The smallest absolute Gasteiger partial charge is 0.252 e. The van der Waals surface area contributed by atoms with Gasteiger partial charge in [-0.2, -0.15) is 0 Å². The first kappa shape index (κ1) is 36.6. The van der Waals surface area contributed by atoms with Crippen LogP contribution in [0.4, 0.5) is 0 Å². The van der Waals surface area contributed by atoms with Crippen molar-refractivity contribution in [3.8, 4) is 34.0 Å². The molecule has 2 atom stereocenters. The molecule has 276 valence electrons. The number of fused-ring (bicyclic) bond motifs is 2. The summed E-state index contributed by atoms with van der Waals surface area (Å²) in [4.78, 5) is 38.1. The van der Waals surface area contributed by atoms with Gasteiger partial charge in [-0.15, -0.1) is 0 Å². The molecule has 1 aliphatic rings. The number of benzene rings is 4. The summed E-state index contributed by atoms with van der Waals surface area (Å²) in [6.45, 7) is 12.3. The second-order valence-electron chi connectivity index (χ2n) is 15.5. The van der Waals surface area contributed by atoms with Gasteiger partial charge in [0, 0.05) is 34.5 Å².